The second-order valence-corrected chi connectivity index (χ2v) is 12.0. The number of Topliss-reactive ketones (excluding diaryl/α,β-unsaturated/α-hetero) is 1. The van der Waals surface area contributed by atoms with Gasteiger partial charge in [0.15, 0.2) is 17.1 Å². The summed E-state index contributed by atoms with van der Waals surface area (Å²) in [7, 11) is 0. The lowest BCUT2D eigenvalue weighted by Crippen LogP contribution is -2.20. The molecule has 0 aliphatic carbocycles. The van der Waals surface area contributed by atoms with Gasteiger partial charge in [-0.3, -0.25) is 14.8 Å². The maximum absolute atomic E-state index is 15.0. The number of ketones is 1. The lowest BCUT2D eigenvalue weighted by atomic mass is 9.90. The molecule has 2 atom stereocenters. The second-order valence-electron chi connectivity index (χ2n) is 12.0. The Morgan fingerprint density at radius 1 is 0.646 bits per heavy atom. The summed E-state index contributed by atoms with van der Waals surface area (Å²) < 4.78 is 33.3. The van der Waals surface area contributed by atoms with Crippen LogP contribution in [0.4, 0.5) is 8.78 Å². The molecule has 8 rings (SSSR count). The molecule has 2 aromatic carbocycles. The van der Waals surface area contributed by atoms with Crippen molar-refractivity contribution in [1.29, 1.82) is 0 Å². The Balaban J connectivity index is 1.05. The van der Waals surface area contributed by atoms with Crippen molar-refractivity contribution in [1.82, 2.24) is 39.2 Å². The number of pyridine rings is 2. The van der Waals surface area contributed by atoms with Gasteiger partial charge in [0.1, 0.15) is 11.6 Å². The number of hydrogen-bond donors (Lipinski definition) is 0. The number of hydrogen-bond acceptors (Lipinski definition) is 7. The Labute approximate surface area is 273 Å². The Kier molecular flexibility index (Phi) is 7.16. The highest BCUT2D eigenvalue weighted by molar-refractivity contribution is 5.90. The van der Waals surface area contributed by atoms with Crippen molar-refractivity contribution in [2.75, 3.05) is 0 Å². The van der Waals surface area contributed by atoms with Crippen LogP contribution in [0.5, 0.6) is 0 Å². The third-order valence-corrected chi connectivity index (χ3v) is 8.93. The zero-order chi connectivity index (χ0) is 32.9. The first-order valence-corrected chi connectivity index (χ1v) is 15.6. The number of fused-ring (bicyclic) bond motifs is 4. The first-order valence-electron chi connectivity index (χ1n) is 15.6. The van der Waals surface area contributed by atoms with E-state index in [1.807, 2.05) is 50.2 Å². The van der Waals surface area contributed by atoms with Crippen LogP contribution in [0, 0.1) is 11.6 Å². The molecule has 6 aromatic heterocycles. The number of nitrogens with zero attached hydrogens (tertiary/aromatic N) is 8. The van der Waals surface area contributed by atoms with Gasteiger partial charge in [-0.2, -0.15) is 10.2 Å². The van der Waals surface area contributed by atoms with Gasteiger partial charge >= 0.3 is 0 Å². The summed E-state index contributed by atoms with van der Waals surface area (Å²) in [5.41, 5.74) is 5.90. The predicted octanol–water partition coefficient (Wildman–Crippen LogP) is 6.80. The standard InChI is InChI=1S/C37H28F2N8O/c1-21(31-7-9-35-42-19-27(46(35)44-31)15-25-13-23-5-3-11-40-33(23)17-29(25)38)37(48)22(2)32-8-10-36-43-20-28(47(36)45-32)16-26-14-24-6-4-12-41-34(24)18-30(26)39/h3-14,17-22H,15-16H2,1-2H3. The van der Waals surface area contributed by atoms with E-state index in [4.69, 9.17) is 10.2 Å². The molecule has 0 fully saturated rings. The summed E-state index contributed by atoms with van der Waals surface area (Å²) >= 11 is 0. The van der Waals surface area contributed by atoms with Crippen LogP contribution in [0.15, 0.2) is 97.6 Å². The number of benzene rings is 2. The van der Waals surface area contributed by atoms with Gasteiger partial charge in [0.05, 0.1) is 58.0 Å². The van der Waals surface area contributed by atoms with Crippen molar-refractivity contribution in [3.05, 3.63) is 143 Å². The molecule has 6 heterocycles. The van der Waals surface area contributed by atoms with Gasteiger partial charge in [0.2, 0.25) is 0 Å². The summed E-state index contributed by atoms with van der Waals surface area (Å²) in [5.74, 6) is -1.91. The van der Waals surface area contributed by atoms with E-state index < -0.39 is 11.8 Å². The van der Waals surface area contributed by atoms with E-state index >= 15 is 0 Å². The van der Waals surface area contributed by atoms with Crippen molar-refractivity contribution in [3.8, 4) is 0 Å². The van der Waals surface area contributed by atoms with Crippen molar-refractivity contribution in [3.63, 3.8) is 0 Å². The fourth-order valence-corrected chi connectivity index (χ4v) is 6.18. The maximum atomic E-state index is 15.0. The normalized spacial score (nSPS) is 13.1. The maximum Gasteiger partial charge on any atom is 0.153 e. The van der Waals surface area contributed by atoms with Crippen molar-refractivity contribution in [2.24, 2.45) is 0 Å². The summed E-state index contributed by atoms with van der Waals surface area (Å²) in [6, 6.07) is 21.1. The van der Waals surface area contributed by atoms with Gasteiger partial charge in [-0.1, -0.05) is 12.1 Å². The van der Waals surface area contributed by atoms with Gasteiger partial charge < -0.3 is 0 Å². The van der Waals surface area contributed by atoms with Gasteiger partial charge in [-0.25, -0.2) is 27.8 Å². The fourth-order valence-electron chi connectivity index (χ4n) is 6.18. The molecule has 0 saturated carbocycles. The van der Waals surface area contributed by atoms with Gasteiger partial charge in [-0.15, -0.1) is 0 Å². The Hall–Kier alpha value is -5.97. The minimum Gasteiger partial charge on any atom is -0.298 e. The van der Waals surface area contributed by atoms with Crippen molar-refractivity contribution in [2.45, 2.75) is 38.5 Å². The number of halogens is 2. The average molecular weight is 639 g/mol. The number of aromatic nitrogens is 8. The Morgan fingerprint density at radius 2 is 1.10 bits per heavy atom. The van der Waals surface area contributed by atoms with E-state index in [1.54, 1.807) is 58.1 Å². The number of carbonyl (C=O) groups excluding carboxylic acids is 1. The highest BCUT2D eigenvalue weighted by Gasteiger charge is 2.26. The van der Waals surface area contributed by atoms with Crippen LogP contribution in [-0.2, 0) is 17.6 Å². The molecule has 11 heteroatoms. The van der Waals surface area contributed by atoms with Crippen LogP contribution in [0.25, 0.3) is 33.1 Å². The molecule has 9 nitrogen and oxygen atoms in total. The minimum atomic E-state index is -0.566. The first-order chi connectivity index (χ1) is 23.3. The zero-order valence-corrected chi connectivity index (χ0v) is 26.0. The van der Waals surface area contributed by atoms with Crippen LogP contribution in [0.2, 0.25) is 0 Å². The topological polar surface area (TPSA) is 103 Å². The van der Waals surface area contributed by atoms with Crippen LogP contribution in [0.1, 0.15) is 59.6 Å². The summed E-state index contributed by atoms with van der Waals surface area (Å²) in [6.07, 6.45) is 7.16. The highest BCUT2D eigenvalue weighted by atomic mass is 19.1. The first kappa shape index (κ1) is 29.4. The number of imidazole rings is 2. The molecule has 0 spiro atoms. The molecule has 48 heavy (non-hydrogen) atoms. The third kappa shape index (κ3) is 5.23. The molecule has 0 saturated heterocycles. The van der Waals surface area contributed by atoms with Gasteiger partial charge in [-0.05, 0) is 73.5 Å². The lowest BCUT2D eigenvalue weighted by molar-refractivity contribution is -0.121. The monoisotopic (exact) mass is 638 g/mol. The van der Waals surface area contributed by atoms with Crippen LogP contribution >= 0.6 is 0 Å². The quantitative estimate of drug-likeness (QED) is 0.180. The molecule has 236 valence electrons. The zero-order valence-electron chi connectivity index (χ0n) is 26.0. The molecule has 0 bridgehead atoms. The molecule has 0 N–H and O–H groups in total. The molecule has 8 aromatic rings. The highest BCUT2D eigenvalue weighted by Crippen LogP contribution is 2.27. The van der Waals surface area contributed by atoms with Crippen molar-refractivity contribution < 1.29 is 13.6 Å². The van der Waals surface area contributed by atoms with Crippen LogP contribution in [0.3, 0.4) is 0 Å². The summed E-state index contributed by atoms with van der Waals surface area (Å²) in [4.78, 5) is 31.2. The van der Waals surface area contributed by atoms with E-state index in [1.165, 1.54) is 12.1 Å². The largest absolute Gasteiger partial charge is 0.298 e. The fraction of sp³-hybridized carbons (Fsp3) is 0.162. The van der Waals surface area contributed by atoms with Crippen LogP contribution in [-0.4, -0.2) is 44.9 Å². The molecule has 0 aliphatic rings. The lowest BCUT2D eigenvalue weighted by Gasteiger charge is -2.16. The average Bonchev–Trinajstić information content (AvgIpc) is 3.70. The predicted molar refractivity (Wildman–Crippen MR) is 177 cm³/mol. The molecule has 0 amide bonds. The van der Waals surface area contributed by atoms with E-state index in [-0.39, 0.29) is 30.3 Å². The molecular formula is C37H28F2N8O. The van der Waals surface area contributed by atoms with E-state index in [9.17, 15) is 13.6 Å². The molecule has 2 unspecified atom stereocenters. The number of rotatable bonds is 8. The Morgan fingerprint density at radius 3 is 1.56 bits per heavy atom. The number of carbonyl (C=O) groups is 1. The molecule has 0 radical (unpaired) electrons. The summed E-state index contributed by atoms with van der Waals surface area (Å²) in [6.45, 7) is 3.64. The molecule has 0 aliphatic heterocycles. The SMILES string of the molecule is CC(C(=O)C(C)c1ccc2ncc(Cc3cc4cccnc4cc3F)n2n1)c1ccc2ncc(Cc3cc4cccnc4cc3F)n2n1. The van der Waals surface area contributed by atoms with Gasteiger partial charge in [0, 0.05) is 48.1 Å². The van der Waals surface area contributed by atoms with E-state index in [0.29, 0.717) is 56.2 Å². The second kappa shape index (κ2) is 11.7. The molecular weight excluding hydrogens is 610 g/mol. The van der Waals surface area contributed by atoms with E-state index in [2.05, 4.69) is 19.9 Å². The third-order valence-electron chi connectivity index (χ3n) is 8.93. The van der Waals surface area contributed by atoms with E-state index in [0.717, 1.165) is 10.8 Å². The van der Waals surface area contributed by atoms with Crippen LogP contribution < -0.4 is 0 Å². The summed E-state index contributed by atoms with van der Waals surface area (Å²) in [5, 5.41) is 11.2. The Bertz CT molecular complexity index is 2350. The minimum absolute atomic E-state index is 0.0711. The van der Waals surface area contributed by atoms with Crippen molar-refractivity contribution >= 4 is 38.9 Å². The smallest absolute Gasteiger partial charge is 0.153 e. The van der Waals surface area contributed by atoms with Gasteiger partial charge in [0.25, 0.3) is 0 Å².